The van der Waals surface area contributed by atoms with Gasteiger partial charge in [0.25, 0.3) is 0 Å². The number of urea groups is 1. The van der Waals surface area contributed by atoms with Crippen LogP contribution in [-0.4, -0.2) is 52.6 Å². The van der Waals surface area contributed by atoms with Crippen LogP contribution in [0.15, 0.2) is 18.2 Å². The second kappa shape index (κ2) is 10.5. The molecule has 2 heterocycles. The fraction of sp³-hybridized carbons (Fsp3) is 0.560. The van der Waals surface area contributed by atoms with Crippen molar-refractivity contribution in [1.82, 2.24) is 20.2 Å². The van der Waals surface area contributed by atoms with Crippen molar-refractivity contribution in [2.45, 2.75) is 59.9 Å². The zero-order valence-corrected chi connectivity index (χ0v) is 22.0. The monoisotopic (exact) mass is 491 g/mol. The van der Waals surface area contributed by atoms with E-state index in [1.165, 1.54) is 0 Å². The number of amides is 2. The third-order valence-electron chi connectivity index (χ3n) is 5.56. The van der Waals surface area contributed by atoms with E-state index in [2.05, 4.69) is 24.1 Å². The molecule has 1 aliphatic rings. The predicted octanol–water partition coefficient (Wildman–Crippen LogP) is 5.51. The number of anilines is 1. The van der Waals surface area contributed by atoms with Crippen LogP contribution in [0.25, 0.3) is 0 Å². The van der Waals surface area contributed by atoms with E-state index in [4.69, 9.17) is 33.2 Å². The number of piperazine rings is 1. The lowest BCUT2D eigenvalue weighted by atomic mass is 10.0. The van der Waals surface area contributed by atoms with E-state index in [0.717, 1.165) is 48.0 Å². The van der Waals surface area contributed by atoms with Gasteiger partial charge in [0.05, 0.1) is 0 Å². The van der Waals surface area contributed by atoms with Crippen molar-refractivity contribution in [3.63, 3.8) is 0 Å². The first-order valence-electron chi connectivity index (χ1n) is 11.6. The zero-order valence-electron chi connectivity index (χ0n) is 20.5. The highest BCUT2D eigenvalue weighted by Gasteiger charge is 2.27. The van der Waals surface area contributed by atoms with Crippen molar-refractivity contribution in [3.05, 3.63) is 50.9 Å². The van der Waals surface area contributed by atoms with Crippen LogP contribution in [0.1, 0.15) is 57.3 Å². The Balaban J connectivity index is 1.87. The molecule has 2 aromatic rings. The molecule has 3 rings (SSSR count). The SMILES string of the molecule is Cc1nc(CC(C)C)nc(N2CCN(C(=O)NC(C)(C)C)CC2)c1Cc1ccc(Cl)cc1Cl. The topological polar surface area (TPSA) is 61.4 Å². The van der Waals surface area contributed by atoms with Crippen molar-refractivity contribution < 1.29 is 4.79 Å². The highest BCUT2D eigenvalue weighted by molar-refractivity contribution is 6.35. The molecule has 180 valence electrons. The van der Waals surface area contributed by atoms with Crippen molar-refractivity contribution >= 4 is 35.1 Å². The molecule has 0 bridgehead atoms. The lowest BCUT2D eigenvalue weighted by molar-refractivity contribution is 0.185. The summed E-state index contributed by atoms with van der Waals surface area (Å²) in [7, 11) is 0. The summed E-state index contributed by atoms with van der Waals surface area (Å²) >= 11 is 12.6. The minimum absolute atomic E-state index is 0.0188. The second-order valence-electron chi connectivity index (χ2n) is 10.2. The normalized spacial score (nSPS) is 14.7. The molecule has 0 aliphatic carbocycles. The molecule has 0 saturated carbocycles. The maximum absolute atomic E-state index is 12.6. The molecule has 33 heavy (non-hydrogen) atoms. The van der Waals surface area contributed by atoms with Crippen LogP contribution in [0.2, 0.25) is 10.0 Å². The molecule has 2 amide bonds. The van der Waals surface area contributed by atoms with Gasteiger partial charge in [-0.2, -0.15) is 0 Å². The fourth-order valence-corrected chi connectivity index (χ4v) is 4.41. The summed E-state index contributed by atoms with van der Waals surface area (Å²) in [6, 6.07) is 5.58. The van der Waals surface area contributed by atoms with Gasteiger partial charge in [0, 0.05) is 65.9 Å². The van der Waals surface area contributed by atoms with Crippen molar-refractivity contribution in [3.8, 4) is 0 Å². The Kier molecular flexibility index (Phi) is 8.12. The molecule has 1 fully saturated rings. The average Bonchev–Trinajstić information content (AvgIpc) is 2.70. The Labute approximate surface area is 207 Å². The Bertz CT molecular complexity index is 995. The lowest BCUT2D eigenvalue weighted by Crippen LogP contribution is -2.55. The van der Waals surface area contributed by atoms with Gasteiger partial charge in [-0.3, -0.25) is 0 Å². The van der Waals surface area contributed by atoms with Crippen LogP contribution >= 0.6 is 23.2 Å². The van der Waals surface area contributed by atoms with Crippen LogP contribution < -0.4 is 10.2 Å². The first-order valence-corrected chi connectivity index (χ1v) is 12.3. The van der Waals surface area contributed by atoms with Crippen LogP contribution in [0, 0.1) is 12.8 Å². The molecule has 1 aromatic carbocycles. The summed E-state index contributed by atoms with van der Waals surface area (Å²) in [6.45, 7) is 15.1. The van der Waals surface area contributed by atoms with Gasteiger partial charge < -0.3 is 15.1 Å². The van der Waals surface area contributed by atoms with Gasteiger partial charge in [-0.1, -0.05) is 43.1 Å². The van der Waals surface area contributed by atoms with Gasteiger partial charge in [-0.25, -0.2) is 14.8 Å². The van der Waals surface area contributed by atoms with Gasteiger partial charge >= 0.3 is 6.03 Å². The van der Waals surface area contributed by atoms with Gasteiger partial charge in [-0.15, -0.1) is 0 Å². The minimum Gasteiger partial charge on any atom is -0.353 e. The highest BCUT2D eigenvalue weighted by atomic mass is 35.5. The van der Waals surface area contributed by atoms with Crippen LogP contribution in [0.3, 0.4) is 0 Å². The molecule has 1 saturated heterocycles. The molecular formula is C25H35Cl2N5O. The van der Waals surface area contributed by atoms with E-state index in [1.807, 2.05) is 44.7 Å². The average molecular weight is 492 g/mol. The highest BCUT2D eigenvalue weighted by Crippen LogP contribution is 2.29. The van der Waals surface area contributed by atoms with Crippen molar-refractivity contribution in [2.75, 3.05) is 31.1 Å². The predicted molar refractivity (Wildman–Crippen MR) is 137 cm³/mol. The number of aromatic nitrogens is 2. The molecule has 0 radical (unpaired) electrons. The number of halogens is 2. The number of benzene rings is 1. The Morgan fingerprint density at radius 2 is 1.79 bits per heavy atom. The maximum Gasteiger partial charge on any atom is 0.317 e. The van der Waals surface area contributed by atoms with E-state index in [-0.39, 0.29) is 11.6 Å². The lowest BCUT2D eigenvalue weighted by Gasteiger charge is -2.37. The first kappa shape index (κ1) is 25.6. The Morgan fingerprint density at radius 1 is 1.12 bits per heavy atom. The van der Waals surface area contributed by atoms with E-state index in [9.17, 15) is 4.79 Å². The summed E-state index contributed by atoms with van der Waals surface area (Å²) in [5, 5.41) is 4.32. The summed E-state index contributed by atoms with van der Waals surface area (Å²) in [4.78, 5) is 26.6. The minimum atomic E-state index is -0.255. The standard InChI is InChI=1S/C25H35Cl2N5O/c1-16(2)13-22-28-17(3)20(14-18-7-8-19(26)15-21(18)27)23(29-22)31-9-11-32(12-10-31)24(33)30-25(4,5)6/h7-8,15-16H,9-14H2,1-6H3,(H,30,33). The van der Waals surface area contributed by atoms with Crippen molar-refractivity contribution in [2.24, 2.45) is 5.92 Å². The van der Waals surface area contributed by atoms with Crippen LogP contribution in [0.5, 0.6) is 0 Å². The summed E-state index contributed by atoms with van der Waals surface area (Å²) < 4.78 is 0. The molecule has 1 aromatic heterocycles. The van der Waals surface area contributed by atoms with Gasteiger partial charge in [0.2, 0.25) is 0 Å². The van der Waals surface area contributed by atoms with E-state index >= 15 is 0 Å². The Hall–Kier alpha value is -2.05. The van der Waals surface area contributed by atoms with Gasteiger partial charge in [-0.05, 0) is 51.3 Å². The summed E-state index contributed by atoms with van der Waals surface area (Å²) in [5.74, 6) is 2.27. The van der Waals surface area contributed by atoms with Gasteiger partial charge in [0.1, 0.15) is 11.6 Å². The quantitative estimate of drug-likeness (QED) is 0.598. The molecule has 0 spiro atoms. The number of nitrogens with one attached hydrogen (secondary N) is 1. The third kappa shape index (κ3) is 6.97. The second-order valence-corrected chi connectivity index (χ2v) is 11.0. The number of hydrogen-bond acceptors (Lipinski definition) is 4. The van der Waals surface area contributed by atoms with E-state index in [1.54, 1.807) is 6.07 Å². The van der Waals surface area contributed by atoms with E-state index in [0.29, 0.717) is 35.5 Å². The van der Waals surface area contributed by atoms with Crippen molar-refractivity contribution in [1.29, 1.82) is 0 Å². The van der Waals surface area contributed by atoms with Gasteiger partial charge in [0.15, 0.2) is 0 Å². The molecule has 6 nitrogen and oxygen atoms in total. The summed E-state index contributed by atoms with van der Waals surface area (Å²) in [5.41, 5.74) is 2.78. The first-order chi connectivity index (χ1) is 15.4. The molecule has 1 N–H and O–H groups in total. The maximum atomic E-state index is 12.6. The number of hydrogen-bond donors (Lipinski definition) is 1. The largest absolute Gasteiger partial charge is 0.353 e. The molecule has 0 atom stereocenters. The molecule has 8 heteroatoms. The molecular weight excluding hydrogens is 457 g/mol. The fourth-order valence-electron chi connectivity index (χ4n) is 3.94. The van der Waals surface area contributed by atoms with Crippen LogP contribution in [-0.2, 0) is 12.8 Å². The van der Waals surface area contributed by atoms with Crippen LogP contribution in [0.4, 0.5) is 10.6 Å². The number of aryl methyl sites for hydroxylation is 1. The number of carbonyl (C=O) groups excluding carboxylic acids is 1. The third-order valence-corrected chi connectivity index (χ3v) is 6.15. The number of nitrogens with zero attached hydrogens (tertiary/aromatic N) is 4. The molecule has 1 aliphatic heterocycles. The summed E-state index contributed by atoms with van der Waals surface area (Å²) in [6.07, 6.45) is 1.45. The smallest absolute Gasteiger partial charge is 0.317 e. The van der Waals surface area contributed by atoms with E-state index < -0.39 is 0 Å². The number of carbonyl (C=O) groups is 1. The zero-order chi connectivity index (χ0) is 24.3. The number of rotatable bonds is 5. The molecule has 0 unspecified atom stereocenters. The Morgan fingerprint density at radius 3 is 2.36 bits per heavy atom.